The Bertz CT molecular complexity index is 1020. The average Bonchev–Trinajstić information content (AvgIpc) is 3.00. The monoisotopic (exact) mass is 356 g/mol. The highest BCUT2D eigenvalue weighted by molar-refractivity contribution is 7.90. The van der Waals surface area contributed by atoms with Crippen molar-refractivity contribution in [3.05, 3.63) is 65.5 Å². The van der Waals surface area contributed by atoms with Crippen molar-refractivity contribution in [1.29, 1.82) is 0 Å². The lowest BCUT2D eigenvalue weighted by molar-refractivity contribution is 0.410. The largest absolute Gasteiger partial charge is 0.496 e. The van der Waals surface area contributed by atoms with Crippen LogP contribution in [0.4, 0.5) is 0 Å². The smallest absolute Gasteiger partial charge is 0.269 e. The van der Waals surface area contributed by atoms with Crippen LogP contribution in [0.2, 0.25) is 0 Å². The molecule has 3 rings (SSSR count). The second kappa shape index (κ2) is 6.37. The maximum absolute atomic E-state index is 13.3. The highest BCUT2D eigenvalue weighted by Gasteiger charge is 2.25. The Morgan fingerprint density at radius 1 is 0.960 bits per heavy atom. The molecule has 25 heavy (non-hydrogen) atoms. The highest BCUT2D eigenvalue weighted by Crippen LogP contribution is 2.30. The summed E-state index contributed by atoms with van der Waals surface area (Å²) in [5, 5.41) is 0. The first-order valence-electron chi connectivity index (χ1n) is 7.87. The molecule has 0 bridgehead atoms. The van der Waals surface area contributed by atoms with Gasteiger partial charge in [0.2, 0.25) is 0 Å². The summed E-state index contributed by atoms with van der Waals surface area (Å²) in [4.78, 5) is 4.67. The van der Waals surface area contributed by atoms with Gasteiger partial charge in [-0.25, -0.2) is 17.4 Å². The molecule has 0 atom stereocenters. The van der Waals surface area contributed by atoms with Crippen LogP contribution in [-0.2, 0) is 10.0 Å². The summed E-state index contributed by atoms with van der Waals surface area (Å²) in [6, 6.07) is 12.6. The zero-order chi connectivity index (χ0) is 18.2. The number of rotatable bonds is 4. The maximum Gasteiger partial charge on any atom is 0.269 e. The van der Waals surface area contributed by atoms with E-state index in [1.54, 1.807) is 39.3 Å². The average molecular weight is 356 g/mol. The van der Waals surface area contributed by atoms with Crippen molar-refractivity contribution in [2.75, 3.05) is 7.11 Å². The number of hydrogen-bond donors (Lipinski definition) is 0. The minimum absolute atomic E-state index is 0.250. The lowest BCUT2D eigenvalue weighted by Gasteiger charge is -2.15. The van der Waals surface area contributed by atoms with Gasteiger partial charge in [-0.1, -0.05) is 30.3 Å². The lowest BCUT2D eigenvalue weighted by Crippen LogP contribution is -2.15. The molecule has 0 unspecified atom stereocenters. The minimum Gasteiger partial charge on any atom is -0.496 e. The Hall–Kier alpha value is -2.60. The summed E-state index contributed by atoms with van der Waals surface area (Å²) < 4.78 is 33.1. The lowest BCUT2D eigenvalue weighted by atomic mass is 10.1. The van der Waals surface area contributed by atoms with Crippen LogP contribution < -0.4 is 4.74 Å². The van der Waals surface area contributed by atoms with Crippen molar-refractivity contribution in [3.8, 4) is 17.1 Å². The van der Waals surface area contributed by atoms with E-state index in [0.717, 1.165) is 11.1 Å². The van der Waals surface area contributed by atoms with E-state index >= 15 is 0 Å². The van der Waals surface area contributed by atoms with Crippen LogP contribution in [-0.4, -0.2) is 24.5 Å². The fourth-order valence-electron chi connectivity index (χ4n) is 2.82. The molecule has 0 amide bonds. The van der Waals surface area contributed by atoms with E-state index in [-0.39, 0.29) is 4.90 Å². The summed E-state index contributed by atoms with van der Waals surface area (Å²) in [5.74, 6) is 1.08. The third-order valence-corrected chi connectivity index (χ3v) is 6.07. The Balaban J connectivity index is 2.22. The van der Waals surface area contributed by atoms with Gasteiger partial charge in [-0.15, -0.1) is 0 Å². The first kappa shape index (κ1) is 17.2. The summed E-state index contributed by atoms with van der Waals surface area (Å²) in [5.41, 5.74) is 2.87. The summed E-state index contributed by atoms with van der Waals surface area (Å²) in [7, 11) is -2.20. The van der Waals surface area contributed by atoms with E-state index in [1.807, 2.05) is 37.3 Å². The number of aromatic nitrogens is 2. The van der Waals surface area contributed by atoms with Crippen LogP contribution in [0.1, 0.15) is 16.8 Å². The normalized spacial score (nSPS) is 11.5. The predicted octanol–water partition coefficient (Wildman–Crippen LogP) is 3.72. The Morgan fingerprint density at radius 3 is 2.28 bits per heavy atom. The van der Waals surface area contributed by atoms with Gasteiger partial charge < -0.3 is 4.74 Å². The third kappa shape index (κ3) is 2.93. The van der Waals surface area contributed by atoms with Crippen LogP contribution in [0.25, 0.3) is 11.4 Å². The molecule has 0 saturated carbocycles. The predicted molar refractivity (Wildman–Crippen MR) is 97.5 cm³/mol. The SMILES string of the molecule is COc1ccc(S(=O)(=O)n2cc(C)nc2-c2ccccc2)c(C)c1C. The van der Waals surface area contributed by atoms with Gasteiger partial charge in [-0.3, -0.25) is 0 Å². The van der Waals surface area contributed by atoms with Crippen molar-refractivity contribution in [3.63, 3.8) is 0 Å². The van der Waals surface area contributed by atoms with Gasteiger partial charge in [-0.05, 0) is 44.0 Å². The fourth-order valence-corrected chi connectivity index (χ4v) is 4.47. The van der Waals surface area contributed by atoms with Crippen molar-refractivity contribution in [2.24, 2.45) is 0 Å². The summed E-state index contributed by atoms with van der Waals surface area (Å²) >= 11 is 0. The topological polar surface area (TPSA) is 61.2 Å². The second-order valence-corrected chi connectivity index (χ2v) is 7.67. The first-order valence-corrected chi connectivity index (χ1v) is 9.31. The number of hydrogen-bond acceptors (Lipinski definition) is 4. The number of methoxy groups -OCH3 is 1. The summed E-state index contributed by atoms with van der Waals surface area (Å²) in [6.45, 7) is 5.42. The van der Waals surface area contributed by atoms with E-state index in [9.17, 15) is 8.42 Å². The number of ether oxygens (including phenoxy) is 1. The molecule has 0 aliphatic heterocycles. The van der Waals surface area contributed by atoms with Crippen LogP contribution in [0.5, 0.6) is 5.75 Å². The zero-order valence-corrected chi connectivity index (χ0v) is 15.5. The molecule has 130 valence electrons. The molecule has 1 aromatic heterocycles. The van der Waals surface area contributed by atoms with Gasteiger partial charge in [0, 0.05) is 11.8 Å². The molecular weight excluding hydrogens is 336 g/mol. The van der Waals surface area contributed by atoms with Gasteiger partial charge in [0.15, 0.2) is 5.82 Å². The molecule has 1 heterocycles. The van der Waals surface area contributed by atoms with Gasteiger partial charge in [0.25, 0.3) is 10.0 Å². The molecule has 2 aromatic carbocycles. The highest BCUT2D eigenvalue weighted by atomic mass is 32.2. The Kier molecular flexibility index (Phi) is 4.39. The zero-order valence-electron chi connectivity index (χ0n) is 14.6. The molecule has 0 aliphatic rings. The molecule has 0 fully saturated rings. The molecule has 5 nitrogen and oxygen atoms in total. The second-order valence-electron chi connectivity index (χ2n) is 5.89. The van der Waals surface area contributed by atoms with Crippen LogP contribution in [0, 0.1) is 20.8 Å². The molecule has 0 spiro atoms. The van der Waals surface area contributed by atoms with Gasteiger partial charge in [-0.2, -0.15) is 0 Å². The van der Waals surface area contributed by atoms with E-state index in [0.29, 0.717) is 22.8 Å². The van der Waals surface area contributed by atoms with E-state index in [4.69, 9.17) is 4.74 Å². The van der Waals surface area contributed by atoms with Crippen LogP contribution in [0.15, 0.2) is 53.6 Å². The first-order chi connectivity index (χ1) is 11.9. The van der Waals surface area contributed by atoms with Crippen molar-refractivity contribution >= 4 is 10.0 Å². The molecular formula is C19H20N2O3S. The quantitative estimate of drug-likeness (QED) is 0.715. The van der Waals surface area contributed by atoms with Crippen LogP contribution >= 0.6 is 0 Å². The van der Waals surface area contributed by atoms with E-state index in [1.165, 1.54) is 3.97 Å². The van der Waals surface area contributed by atoms with Gasteiger partial charge in [0.05, 0.1) is 17.7 Å². The Morgan fingerprint density at radius 2 is 1.64 bits per heavy atom. The number of benzene rings is 2. The molecule has 0 aliphatic carbocycles. The van der Waals surface area contributed by atoms with Crippen molar-refractivity contribution in [1.82, 2.24) is 8.96 Å². The molecule has 3 aromatic rings. The minimum atomic E-state index is -3.78. The van der Waals surface area contributed by atoms with E-state index in [2.05, 4.69) is 4.98 Å². The molecule has 0 saturated heterocycles. The molecule has 0 radical (unpaired) electrons. The third-order valence-electron chi connectivity index (χ3n) is 4.27. The van der Waals surface area contributed by atoms with Crippen molar-refractivity contribution in [2.45, 2.75) is 25.7 Å². The van der Waals surface area contributed by atoms with Gasteiger partial charge >= 0.3 is 0 Å². The van der Waals surface area contributed by atoms with Crippen molar-refractivity contribution < 1.29 is 13.2 Å². The number of aryl methyl sites for hydroxylation is 1. The molecule has 6 heteroatoms. The van der Waals surface area contributed by atoms with Crippen LogP contribution in [0.3, 0.4) is 0 Å². The molecule has 0 N–H and O–H groups in total. The van der Waals surface area contributed by atoms with E-state index < -0.39 is 10.0 Å². The Labute approximate surface area is 148 Å². The van der Waals surface area contributed by atoms with Gasteiger partial charge in [0.1, 0.15) is 5.75 Å². The number of nitrogens with zero attached hydrogens (tertiary/aromatic N) is 2. The number of imidazole rings is 1. The standard InChI is InChI=1S/C19H20N2O3S/c1-13-12-21(19(20-13)16-8-6-5-7-9-16)25(22,23)18-11-10-17(24-4)14(2)15(18)3/h5-12H,1-4H3. The summed E-state index contributed by atoms with van der Waals surface area (Å²) in [6.07, 6.45) is 1.55. The fraction of sp³-hybridized carbons (Fsp3) is 0.211. The maximum atomic E-state index is 13.3.